The monoisotopic (exact) mass is 249 g/mol. The van der Waals surface area contributed by atoms with Crippen molar-refractivity contribution < 1.29 is 9.84 Å². The summed E-state index contributed by atoms with van der Waals surface area (Å²) in [5.41, 5.74) is 1.43. The molecular formula is C13H19N3O2. The highest BCUT2D eigenvalue weighted by atomic mass is 16.5. The van der Waals surface area contributed by atoms with Crippen molar-refractivity contribution in [3.63, 3.8) is 0 Å². The Kier molecular flexibility index (Phi) is 6.12. The molecule has 5 nitrogen and oxygen atoms in total. The van der Waals surface area contributed by atoms with Crippen molar-refractivity contribution in [2.24, 2.45) is 0 Å². The summed E-state index contributed by atoms with van der Waals surface area (Å²) in [4.78, 5) is 6.14. The Morgan fingerprint density at radius 3 is 2.89 bits per heavy atom. The van der Waals surface area contributed by atoms with Gasteiger partial charge in [0.15, 0.2) is 0 Å². The van der Waals surface area contributed by atoms with Gasteiger partial charge in [0.1, 0.15) is 6.07 Å². The Balaban J connectivity index is 2.75. The molecule has 0 spiro atoms. The van der Waals surface area contributed by atoms with E-state index in [4.69, 9.17) is 15.1 Å². The van der Waals surface area contributed by atoms with E-state index in [2.05, 4.69) is 29.8 Å². The molecule has 1 aromatic heterocycles. The summed E-state index contributed by atoms with van der Waals surface area (Å²) in [6.07, 6.45) is 3.31. The van der Waals surface area contributed by atoms with E-state index in [1.807, 2.05) is 0 Å². The first kappa shape index (κ1) is 14.4. The van der Waals surface area contributed by atoms with Gasteiger partial charge in [-0.05, 0) is 19.9 Å². The molecule has 1 rings (SSSR count). The maximum absolute atomic E-state index is 9.09. The molecule has 0 radical (unpaired) electrons. The molecule has 0 aliphatic rings. The van der Waals surface area contributed by atoms with Crippen molar-refractivity contribution in [2.75, 3.05) is 31.3 Å². The van der Waals surface area contributed by atoms with Crippen LogP contribution in [0.3, 0.4) is 0 Å². The third-order valence-electron chi connectivity index (χ3n) is 2.57. The molecule has 0 saturated carbocycles. The van der Waals surface area contributed by atoms with Crippen LogP contribution in [0.25, 0.3) is 0 Å². The number of nitriles is 1. The Labute approximate surface area is 108 Å². The average Bonchev–Trinajstić information content (AvgIpc) is 2.38. The molecule has 0 saturated heterocycles. The molecular weight excluding hydrogens is 230 g/mol. The summed E-state index contributed by atoms with van der Waals surface area (Å²) in [6, 6.07) is 4.13. The summed E-state index contributed by atoms with van der Waals surface area (Å²) < 4.78 is 5.26. The largest absolute Gasteiger partial charge is 0.394 e. The smallest absolute Gasteiger partial charge is 0.101 e. The fourth-order valence-electron chi connectivity index (χ4n) is 1.70. The minimum absolute atomic E-state index is 0.0258. The van der Waals surface area contributed by atoms with Gasteiger partial charge in [-0.3, -0.25) is 4.98 Å². The predicted octanol–water partition coefficient (Wildman–Crippen LogP) is 1.18. The van der Waals surface area contributed by atoms with Gasteiger partial charge in [-0.2, -0.15) is 5.26 Å². The lowest BCUT2D eigenvalue weighted by atomic mass is 10.2. The van der Waals surface area contributed by atoms with Crippen LogP contribution < -0.4 is 4.90 Å². The minimum atomic E-state index is 0.0258. The second-order valence-corrected chi connectivity index (χ2v) is 4.13. The van der Waals surface area contributed by atoms with Gasteiger partial charge in [-0.25, -0.2) is 0 Å². The molecule has 0 bridgehead atoms. The van der Waals surface area contributed by atoms with Crippen LogP contribution in [0, 0.1) is 11.3 Å². The highest BCUT2D eigenvalue weighted by molar-refractivity contribution is 5.58. The third-order valence-corrected chi connectivity index (χ3v) is 2.57. The zero-order chi connectivity index (χ0) is 13.4. The molecule has 0 atom stereocenters. The Morgan fingerprint density at radius 2 is 2.28 bits per heavy atom. The van der Waals surface area contributed by atoms with Crippen molar-refractivity contribution in [1.29, 1.82) is 5.26 Å². The summed E-state index contributed by atoms with van der Waals surface area (Å²) in [7, 11) is 0. The second kappa shape index (κ2) is 7.64. The maximum atomic E-state index is 9.09. The first-order chi connectivity index (χ1) is 8.70. The molecule has 1 N–H and O–H groups in total. The molecule has 0 amide bonds. The zero-order valence-electron chi connectivity index (χ0n) is 10.8. The van der Waals surface area contributed by atoms with Gasteiger partial charge >= 0.3 is 0 Å². The number of nitrogens with zero attached hydrogens (tertiary/aromatic N) is 3. The van der Waals surface area contributed by atoms with Crippen molar-refractivity contribution in [3.8, 4) is 6.07 Å². The number of aliphatic hydroxyl groups excluding tert-OH is 1. The van der Waals surface area contributed by atoms with E-state index < -0.39 is 0 Å². The third kappa shape index (κ3) is 3.99. The van der Waals surface area contributed by atoms with Gasteiger partial charge in [0.2, 0.25) is 0 Å². The lowest BCUT2D eigenvalue weighted by Gasteiger charge is -2.29. The molecule has 0 aromatic carbocycles. The summed E-state index contributed by atoms with van der Waals surface area (Å²) in [5, 5.41) is 17.7. The molecule has 5 heteroatoms. The van der Waals surface area contributed by atoms with E-state index in [-0.39, 0.29) is 12.6 Å². The van der Waals surface area contributed by atoms with Crippen LogP contribution in [0.2, 0.25) is 0 Å². The number of hydrogen-bond acceptors (Lipinski definition) is 5. The number of aliphatic hydroxyl groups is 1. The Hall–Kier alpha value is -1.64. The van der Waals surface area contributed by atoms with Crippen LogP contribution in [0.1, 0.15) is 19.4 Å². The fourth-order valence-corrected chi connectivity index (χ4v) is 1.70. The predicted molar refractivity (Wildman–Crippen MR) is 69.3 cm³/mol. The fraction of sp³-hybridized carbons (Fsp3) is 0.538. The number of pyridine rings is 1. The van der Waals surface area contributed by atoms with Crippen LogP contribution in [0.4, 0.5) is 5.69 Å². The highest BCUT2D eigenvalue weighted by Crippen LogP contribution is 2.20. The number of hydrogen-bond donors (Lipinski definition) is 1. The zero-order valence-corrected chi connectivity index (χ0v) is 10.8. The molecule has 1 aromatic rings. The highest BCUT2D eigenvalue weighted by Gasteiger charge is 2.14. The van der Waals surface area contributed by atoms with Crippen LogP contribution >= 0.6 is 0 Å². The van der Waals surface area contributed by atoms with Gasteiger partial charge < -0.3 is 14.7 Å². The van der Waals surface area contributed by atoms with E-state index >= 15 is 0 Å². The standard InChI is InChI=1S/C13H19N3O2/c1-11(2)16(5-7-18-8-6-17)13-10-15-4-3-12(13)9-14/h3-4,10-11,17H,5-8H2,1-2H3. The normalized spacial score (nSPS) is 10.4. The van der Waals surface area contributed by atoms with Crippen molar-refractivity contribution in [2.45, 2.75) is 19.9 Å². The van der Waals surface area contributed by atoms with Crippen LogP contribution in [-0.4, -0.2) is 42.5 Å². The molecule has 18 heavy (non-hydrogen) atoms. The maximum Gasteiger partial charge on any atom is 0.101 e. The topological polar surface area (TPSA) is 69.4 Å². The number of rotatable bonds is 7. The Morgan fingerprint density at radius 1 is 1.50 bits per heavy atom. The van der Waals surface area contributed by atoms with E-state index in [0.29, 0.717) is 25.3 Å². The van der Waals surface area contributed by atoms with Crippen molar-refractivity contribution in [1.82, 2.24) is 4.98 Å². The lowest BCUT2D eigenvalue weighted by molar-refractivity contribution is 0.0961. The molecule has 98 valence electrons. The molecule has 1 heterocycles. The van der Waals surface area contributed by atoms with Gasteiger partial charge in [0.05, 0.1) is 37.3 Å². The summed E-state index contributed by atoms with van der Waals surface area (Å²) in [6.45, 7) is 5.65. The molecule has 0 fully saturated rings. The molecule has 0 aliphatic carbocycles. The van der Waals surface area contributed by atoms with Gasteiger partial charge in [0, 0.05) is 18.8 Å². The van der Waals surface area contributed by atoms with Gasteiger partial charge in [0.25, 0.3) is 0 Å². The van der Waals surface area contributed by atoms with Crippen molar-refractivity contribution in [3.05, 3.63) is 24.0 Å². The Bertz CT molecular complexity index is 401. The van der Waals surface area contributed by atoms with E-state index in [1.54, 1.807) is 18.5 Å². The van der Waals surface area contributed by atoms with Crippen LogP contribution in [0.5, 0.6) is 0 Å². The van der Waals surface area contributed by atoms with Gasteiger partial charge in [-0.1, -0.05) is 0 Å². The SMILES string of the molecule is CC(C)N(CCOCCO)c1cnccc1C#N. The number of anilines is 1. The van der Waals surface area contributed by atoms with E-state index in [9.17, 15) is 0 Å². The minimum Gasteiger partial charge on any atom is -0.394 e. The van der Waals surface area contributed by atoms with Crippen LogP contribution in [-0.2, 0) is 4.74 Å². The second-order valence-electron chi connectivity index (χ2n) is 4.13. The number of aromatic nitrogens is 1. The quantitative estimate of drug-likeness (QED) is 0.735. The molecule has 0 unspecified atom stereocenters. The first-order valence-corrected chi connectivity index (χ1v) is 6.00. The lowest BCUT2D eigenvalue weighted by Crippen LogP contribution is -2.34. The molecule has 0 aliphatic heterocycles. The number of ether oxygens (including phenoxy) is 1. The first-order valence-electron chi connectivity index (χ1n) is 6.00. The van der Waals surface area contributed by atoms with Crippen molar-refractivity contribution >= 4 is 5.69 Å². The van der Waals surface area contributed by atoms with E-state index in [1.165, 1.54) is 0 Å². The summed E-state index contributed by atoms with van der Waals surface area (Å²) >= 11 is 0. The van der Waals surface area contributed by atoms with E-state index in [0.717, 1.165) is 5.69 Å². The van der Waals surface area contributed by atoms with Crippen LogP contribution in [0.15, 0.2) is 18.5 Å². The summed E-state index contributed by atoms with van der Waals surface area (Å²) in [5.74, 6) is 0. The average molecular weight is 249 g/mol. The van der Waals surface area contributed by atoms with Gasteiger partial charge in [-0.15, -0.1) is 0 Å².